The number of hydrogen-bond acceptors (Lipinski definition) is 4. The summed E-state index contributed by atoms with van der Waals surface area (Å²) in [7, 11) is -2.38. The van der Waals surface area contributed by atoms with Crippen LogP contribution in [0, 0.1) is 0 Å². The highest BCUT2D eigenvalue weighted by Gasteiger charge is 2.25. The average molecular weight is 369 g/mol. The third-order valence-electron chi connectivity index (χ3n) is 4.23. The zero-order valence-electron chi connectivity index (χ0n) is 13.4. The third kappa shape index (κ3) is 3.72. The molecule has 2 aromatic carbocycles. The minimum Gasteiger partial charge on any atom is -0.495 e. The molecule has 2 aromatic rings. The lowest BCUT2D eigenvalue weighted by atomic mass is 9.88. The number of methoxy groups -OCH3 is 1. The first-order chi connectivity index (χ1) is 11.0. The van der Waals surface area contributed by atoms with Crippen LogP contribution in [0.1, 0.15) is 22.6 Å². The van der Waals surface area contributed by atoms with Crippen LogP contribution < -0.4 is 15.2 Å². The number of fused-ring (bicyclic) bond motifs is 1. The average Bonchev–Trinajstić information content (AvgIpc) is 2.75. The topological polar surface area (TPSA) is 81.4 Å². The summed E-state index contributed by atoms with van der Waals surface area (Å²) in [5, 5.41) is 8.78. The van der Waals surface area contributed by atoms with Crippen molar-refractivity contribution in [1.82, 2.24) is 5.32 Å². The lowest BCUT2D eigenvalue weighted by molar-refractivity contribution is 0.402. The standard InChI is InChI=1S/C17H20N2O3S.ClH/c1-22-16-9-13-7-8-19-11-15(12-5-3-2-4-6-12)14(13)10-17(16)23(18,20)21;/h2-6,9-10,15,19H,7-8,11H2,1H3,(H2,18,20,21);1H. The molecule has 0 saturated carbocycles. The van der Waals surface area contributed by atoms with Gasteiger partial charge in [-0.2, -0.15) is 0 Å². The van der Waals surface area contributed by atoms with Gasteiger partial charge < -0.3 is 10.1 Å². The fraction of sp³-hybridized carbons (Fsp3) is 0.294. The Kier molecular flexibility index (Phi) is 5.87. The normalized spacial score (nSPS) is 17.3. The van der Waals surface area contributed by atoms with Gasteiger partial charge in [-0.3, -0.25) is 0 Å². The van der Waals surface area contributed by atoms with E-state index in [1.165, 1.54) is 7.11 Å². The number of benzene rings is 2. The molecule has 1 aliphatic rings. The maximum atomic E-state index is 11.9. The fourth-order valence-corrected chi connectivity index (χ4v) is 3.82. The molecular formula is C17H21ClN2O3S. The Labute approximate surface area is 148 Å². The Balaban J connectivity index is 0.00000208. The molecule has 7 heteroatoms. The van der Waals surface area contributed by atoms with Crippen molar-refractivity contribution in [3.8, 4) is 5.75 Å². The number of ether oxygens (including phenoxy) is 1. The summed E-state index contributed by atoms with van der Waals surface area (Å²) < 4.78 is 29.1. The van der Waals surface area contributed by atoms with Crippen LogP contribution in [0.5, 0.6) is 5.75 Å². The van der Waals surface area contributed by atoms with Gasteiger partial charge in [0.15, 0.2) is 0 Å². The molecule has 1 heterocycles. The molecule has 0 fully saturated rings. The second-order valence-electron chi connectivity index (χ2n) is 5.66. The van der Waals surface area contributed by atoms with Gasteiger partial charge in [0.2, 0.25) is 10.0 Å². The van der Waals surface area contributed by atoms with Crippen LogP contribution in [0.3, 0.4) is 0 Å². The quantitative estimate of drug-likeness (QED) is 0.868. The van der Waals surface area contributed by atoms with Crippen LogP contribution in [0.25, 0.3) is 0 Å². The molecule has 0 aromatic heterocycles. The van der Waals surface area contributed by atoms with Crippen molar-refractivity contribution < 1.29 is 13.2 Å². The highest BCUT2D eigenvalue weighted by molar-refractivity contribution is 7.89. The molecule has 0 bridgehead atoms. The summed E-state index contributed by atoms with van der Waals surface area (Å²) in [6, 6.07) is 13.5. The SMILES string of the molecule is COc1cc2c(cc1S(N)(=O)=O)C(c1ccccc1)CNCC2.Cl. The second-order valence-corrected chi connectivity index (χ2v) is 7.19. The van der Waals surface area contributed by atoms with E-state index in [9.17, 15) is 8.42 Å². The Morgan fingerprint density at radius 3 is 2.54 bits per heavy atom. The maximum Gasteiger partial charge on any atom is 0.241 e. The molecule has 3 rings (SSSR count). The molecule has 3 N–H and O–H groups in total. The van der Waals surface area contributed by atoms with Gasteiger partial charge in [0.25, 0.3) is 0 Å². The minimum atomic E-state index is -3.84. The van der Waals surface area contributed by atoms with Crippen LogP contribution in [0.4, 0.5) is 0 Å². The van der Waals surface area contributed by atoms with Gasteiger partial charge in [0.1, 0.15) is 10.6 Å². The fourth-order valence-electron chi connectivity index (χ4n) is 3.10. The second kappa shape index (κ2) is 7.53. The number of nitrogens with one attached hydrogen (secondary N) is 1. The van der Waals surface area contributed by atoms with Gasteiger partial charge in [-0.25, -0.2) is 13.6 Å². The van der Waals surface area contributed by atoms with Crippen molar-refractivity contribution in [3.05, 3.63) is 59.2 Å². The molecule has 0 aliphatic carbocycles. The number of nitrogens with two attached hydrogens (primary N) is 1. The first-order valence-electron chi connectivity index (χ1n) is 7.50. The van der Waals surface area contributed by atoms with E-state index in [4.69, 9.17) is 9.88 Å². The maximum absolute atomic E-state index is 11.9. The van der Waals surface area contributed by atoms with E-state index in [1.807, 2.05) is 18.2 Å². The Morgan fingerprint density at radius 2 is 1.92 bits per heavy atom. The smallest absolute Gasteiger partial charge is 0.241 e. The molecule has 1 aliphatic heterocycles. The zero-order chi connectivity index (χ0) is 16.4. The van der Waals surface area contributed by atoms with Gasteiger partial charge in [0.05, 0.1) is 7.11 Å². The van der Waals surface area contributed by atoms with Gasteiger partial charge in [-0.05, 0) is 41.8 Å². The lowest BCUT2D eigenvalue weighted by Crippen LogP contribution is -2.21. The molecule has 0 amide bonds. The number of halogens is 1. The van der Waals surface area contributed by atoms with Crippen LogP contribution in [-0.4, -0.2) is 28.6 Å². The van der Waals surface area contributed by atoms with Crippen molar-refractivity contribution in [3.63, 3.8) is 0 Å². The predicted octanol–water partition coefficient (Wildman–Crippen LogP) is 2.04. The minimum absolute atomic E-state index is 0. The zero-order valence-corrected chi connectivity index (χ0v) is 15.0. The van der Waals surface area contributed by atoms with Crippen LogP contribution in [0.2, 0.25) is 0 Å². The molecule has 130 valence electrons. The largest absolute Gasteiger partial charge is 0.495 e. The molecule has 24 heavy (non-hydrogen) atoms. The molecule has 0 radical (unpaired) electrons. The predicted molar refractivity (Wildman–Crippen MR) is 96.5 cm³/mol. The third-order valence-corrected chi connectivity index (χ3v) is 5.16. The lowest BCUT2D eigenvalue weighted by Gasteiger charge is -2.20. The van der Waals surface area contributed by atoms with Gasteiger partial charge >= 0.3 is 0 Å². The Bertz CT molecular complexity index is 810. The van der Waals surface area contributed by atoms with Crippen molar-refractivity contribution in [2.24, 2.45) is 5.14 Å². The van der Waals surface area contributed by atoms with E-state index in [0.29, 0.717) is 5.75 Å². The molecular weight excluding hydrogens is 348 g/mol. The molecule has 1 unspecified atom stereocenters. The first-order valence-corrected chi connectivity index (χ1v) is 9.04. The van der Waals surface area contributed by atoms with E-state index in [1.54, 1.807) is 12.1 Å². The summed E-state index contributed by atoms with van der Waals surface area (Å²) in [5.74, 6) is 0.389. The van der Waals surface area contributed by atoms with Crippen LogP contribution in [0.15, 0.2) is 47.4 Å². The Morgan fingerprint density at radius 1 is 1.21 bits per heavy atom. The summed E-state index contributed by atoms with van der Waals surface area (Å²) in [4.78, 5) is 0.0431. The highest BCUT2D eigenvalue weighted by atomic mass is 35.5. The van der Waals surface area contributed by atoms with Crippen LogP contribution >= 0.6 is 12.4 Å². The Hall–Kier alpha value is -1.60. The molecule has 0 spiro atoms. The van der Waals surface area contributed by atoms with Gasteiger partial charge in [0, 0.05) is 12.5 Å². The summed E-state index contributed by atoms with van der Waals surface area (Å²) in [5.41, 5.74) is 3.23. The summed E-state index contributed by atoms with van der Waals surface area (Å²) >= 11 is 0. The van der Waals surface area contributed by atoms with Crippen molar-refractivity contribution in [1.29, 1.82) is 0 Å². The monoisotopic (exact) mass is 368 g/mol. The van der Waals surface area contributed by atoms with E-state index < -0.39 is 10.0 Å². The number of rotatable bonds is 3. The number of hydrogen-bond donors (Lipinski definition) is 2. The molecule has 0 saturated heterocycles. The summed E-state index contributed by atoms with van der Waals surface area (Å²) in [6.07, 6.45) is 0.819. The number of sulfonamides is 1. The van der Waals surface area contributed by atoms with E-state index in [-0.39, 0.29) is 23.2 Å². The van der Waals surface area contributed by atoms with E-state index in [2.05, 4.69) is 17.4 Å². The van der Waals surface area contributed by atoms with E-state index in [0.717, 1.165) is 36.2 Å². The number of primary sulfonamides is 1. The first kappa shape index (κ1) is 18.7. The highest BCUT2D eigenvalue weighted by Crippen LogP contribution is 2.35. The summed E-state index contributed by atoms with van der Waals surface area (Å²) in [6.45, 7) is 1.60. The van der Waals surface area contributed by atoms with E-state index >= 15 is 0 Å². The van der Waals surface area contributed by atoms with Gasteiger partial charge in [-0.15, -0.1) is 12.4 Å². The van der Waals surface area contributed by atoms with Crippen molar-refractivity contribution in [2.75, 3.05) is 20.2 Å². The molecule has 1 atom stereocenters. The molecule has 5 nitrogen and oxygen atoms in total. The van der Waals surface area contributed by atoms with Gasteiger partial charge in [-0.1, -0.05) is 30.3 Å². The van der Waals surface area contributed by atoms with Crippen molar-refractivity contribution in [2.45, 2.75) is 17.2 Å². The van der Waals surface area contributed by atoms with Crippen LogP contribution in [-0.2, 0) is 16.4 Å². The van der Waals surface area contributed by atoms with Crippen molar-refractivity contribution >= 4 is 22.4 Å².